The average Bonchev–Trinajstić information content (AvgIpc) is 2.54. The summed E-state index contributed by atoms with van der Waals surface area (Å²) in [6.45, 7) is 3.36. The van der Waals surface area contributed by atoms with Crippen LogP contribution in [0.3, 0.4) is 0 Å². The molecule has 0 atom stereocenters. The number of aromatic nitrogens is 2. The fourth-order valence-corrected chi connectivity index (χ4v) is 1.84. The highest BCUT2D eigenvalue weighted by atomic mass is 16.5. The molecule has 0 aromatic carbocycles. The number of hydrogen-bond donors (Lipinski definition) is 1. The van der Waals surface area contributed by atoms with Crippen molar-refractivity contribution in [2.24, 2.45) is 7.05 Å². The van der Waals surface area contributed by atoms with Crippen molar-refractivity contribution < 1.29 is 9.53 Å². The lowest BCUT2D eigenvalue weighted by molar-refractivity contribution is -0.119. The van der Waals surface area contributed by atoms with Crippen molar-refractivity contribution in [3.05, 3.63) is 17.0 Å². The van der Waals surface area contributed by atoms with Crippen LogP contribution >= 0.6 is 0 Å². The van der Waals surface area contributed by atoms with E-state index in [4.69, 9.17) is 4.74 Å². The lowest BCUT2D eigenvalue weighted by atomic mass is 10.1. The van der Waals surface area contributed by atoms with E-state index in [1.165, 1.54) is 12.6 Å². The number of carbonyl (C=O) groups excluding carboxylic acids is 1. The smallest absolute Gasteiger partial charge is 0.217 e. The molecule has 1 N–H and O–H groups in total. The molecule has 0 radical (unpaired) electrons. The number of ether oxygens (including phenoxy) is 1. The van der Waals surface area contributed by atoms with Crippen LogP contribution in [-0.4, -0.2) is 22.3 Å². The van der Waals surface area contributed by atoms with Crippen LogP contribution < -0.4 is 5.32 Å². The first kappa shape index (κ1) is 10.2. The van der Waals surface area contributed by atoms with Gasteiger partial charge in [-0.3, -0.25) is 9.48 Å². The highest BCUT2D eigenvalue weighted by molar-refractivity contribution is 5.72. The summed E-state index contributed by atoms with van der Waals surface area (Å²) in [5.41, 5.74) is 3.28. The van der Waals surface area contributed by atoms with Gasteiger partial charge in [0.2, 0.25) is 5.91 Å². The molecule has 2 rings (SSSR count). The summed E-state index contributed by atoms with van der Waals surface area (Å²) in [6.07, 6.45) is 0.902. The van der Waals surface area contributed by atoms with Crippen LogP contribution in [0.5, 0.6) is 0 Å². The van der Waals surface area contributed by atoms with Crippen LogP contribution in [0, 0.1) is 0 Å². The Hall–Kier alpha value is -1.36. The van der Waals surface area contributed by atoms with Gasteiger partial charge in [-0.2, -0.15) is 5.10 Å². The number of nitrogens with one attached hydrogen (secondary N) is 1. The minimum atomic E-state index is -0.0360. The average molecular weight is 209 g/mol. The summed E-state index contributed by atoms with van der Waals surface area (Å²) in [7, 11) is 1.93. The molecule has 5 nitrogen and oxygen atoms in total. The van der Waals surface area contributed by atoms with Crippen LogP contribution in [0.1, 0.15) is 23.9 Å². The summed E-state index contributed by atoms with van der Waals surface area (Å²) in [4.78, 5) is 10.8. The molecule has 1 aliphatic rings. The van der Waals surface area contributed by atoms with E-state index in [-0.39, 0.29) is 5.91 Å². The van der Waals surface area contributed by atoms with Gasteiger partial charge in [0, 0.05) is 31.6 Å². The maximum absolute atomic E-state index is 10.8. The van der Waals surface area contributed by atoms with E-state index in [2.05, 4.69) is 10.4 Å². The predicted molar refractivity (Wildman–Crippen MR) is 54.1 cm³/mol. The number of carbonyl (C=O) groups is 1. The van der Waals surface area contributed by atoms with Gasteiger partial charge in [-0.15, -0.1) is 0 Å². The number of aryl methyl sites for hydroxylation is 1. The van der Waals surface area contributed by atoms with Gasteiger partial charge in [-0.05, 0) is 0 Å². The third-order valence-electron chi connectivity index (χ3n) is 2.59. The summed E-state index contributed by atoms with van der Waals surface area (Å²) < 4.78 is 7.27. The zero-order valence-electron chi connectivity index (χ0n) is 9.04. The second-order valence-electron chi connectivity index (χ2n) is 3.71. The van der Waals surface area contributed by atoms with E-state index in [0.29, 0.717) is 13.2 Å². The molecule has 2 heterocycles. The molecule has 0 spiro atoms. The Morgan fingerprint density at radius 2 is 2.47 bits per heavy atom. The molecular weight excluding hydrogens is 194 g/mol. The third-order valence-corrected chi connectivity index (χ3v) is 2.59. The molecule has 82 valence electrons. The molecule has 0 unspecified atom stereocenters. The van der Waals surface area contributed by atoms with Crippen molar-refractivity contribution in [2.45, 2.75) is 26.5 Å². The quantitative estimate of drug-likeness (QED) is 0.753. The SMILES string of the molecule is CC(=O)NCc1nn(C)c2c1COCC2. The second kappa shape index (κ2) is 4.02. The summed E-state index contributed by atoms with van der Waals surface area (Å²) in [5, 5.41) is 7.14. The van der Waals surface area contributed by atoms with E-state index in [0.717, 1.165) is 24.3 Å². The zero-order chi connectivity index (χ0) is 10.8. The first-order valence-corrected chi connectivity index (χ1v) is 5.04. The number of rotatable bonds is 2. The molecule has 0 bridgehead atoms. The maximum Gasteiger partial charge on any atom is 0.217 e. The molecule has 15 heavy (non-hydrogen) atoms. The topological polar surface area (TPSA) is 56.2 Å². The highest BCUT2D eigenvalue weighted by Crippen LogP contribution is 2.19. The van der Waals surface area contributed by atoms with E-state index < -0.39 is 0 Å². The van der Waals surface area contributed by atoms with Gasteiger partial charge in [0.25, 0.3) is 0 Å². The first-order valence-electron chi connectivity index (χ1n) is 5.04. The van der Waals surface area contributed by atoms with Crippen molar-refractivity contribution in [3.63, 3.8) is 0 Å². The van der Waals surface area contributed by atoms with Crippen molar-refractivity contribution >= 4 is 5.91 Å². The molecule has 1 aromatic heterocycles. The Morgan fingerprint density at radius 3 is 3.20 bits per heavy atom. The van der Waals surface area contributed by atoms with E-state index >= 15 is 0 Å². The lowest BCUT2D eigenvalue weighted by Crippen LogP contribution is -2.20. The summed E-state index contributed by atoms with van der Waals surface area (Å²) in [5.74, 6) is -0.0360. The van der Waals surface area contributed by atoms with E-state index in [1.807, 2.05) is 11.7 Å². The molecule has 0 aliphatic carbocycles. The van der Waals surface area contributed by atoms with Gasteiger partial charge in [-0.1, -0.05) is 0 Å². The lowest BCUT2D eigenvalue weighted by Gasteiger charge is -2.13. The summed E-state index contributed by atoms with van der Waals surface area (Å²) >= 11 is 0. The summed E-state index contributed by atoms with van der Waals surface area (Å²) in [6, 6.07) is 0. The molecular formula is C10H15N3O2. The standard InChI is InChI=1S/C10H15N3O2/c1-7(14)11-5-9-8-6-15-4-3-10(8)13(2)12-9/h3-6H2,1-2H3,(H,11,14). The van der Waals surface area contributed by atoms with Crippen LogP contribution in [0.2, 0.25) is 0 Å². The molecule has 1 amide bonds. The number of nitrogens with zero attached hydrogens (tertiary/aromatic N) is 2. The van der Waals surface area contributed by atoms with E-state index in [9.17, 15) is 4.79 Å². The molecule has 1 aliphatic heterocycles. The Labute approximate surface area is 88.4 Å². The Bertz CT molecular complexity index is 384. The Morgan fingerprint density at radius 1 is 1.67 bits per heavy atom. The van der Waals surface area contributed by atoms with Gasteiger partial charge in [0.1, 0.15) is 0 Å². The van der Waals surface area contributed by atoms with Gasteiger partial charge in [0.15, 0.2) is 0 Å². The van der Waals surface area contributed by atoms with Crippen molar-refractivity contribution in [1.82, 2.24) is 15.1 Å². The molecule has 1 aromatic rings. The largest absolute Gasteiger partial charge is 0.376 e. The van der Waals surface area contributed by atoms with Gasteiger partial charge >= 0.3 is 0 Å². The molecule has 5 heteroatoms. The minimum Gasteiger partial charge on any atom is -0.376 e. The van der Waals surface area contributed by atoms with Gasteiger partial charge in [-0.25, -0.2) is 0 Å². The van der Waals surface area contributed by atoms with Gasteiger partial charge in [0.05, 0.1) is 25.5 Å². The van der Waals surface area contributed by atoms with Crippen LogP contribution in [-0.2, 0) is 36.2 Å². The van der Waals surface area contributed by atoms with Crippen molar-refractivity contribution in [3.8, 4) is 0 Å². The molecule has 0 saturated heterocycles. The van der Waals surface area contributed by atoms with Crippen molar-refractivity contribution in [2.75, 3.05) is 6.61 Å². The fourth-order valence-electron chi connectivity index (χ4n) is 1.84. The van der Waals surface area contributed by atoms with Crippen LogP contribution in [0.4, 0.5) is 0 Å². The zero-order valence-corrected chi connectivity index (χ0v) is 9.04. The molecule has 0 saturated carbocycles. The Balaban J connectivity index is 2.20. The van der Waals surface area contributed by atoms with Gasteiger partial charge < -0.3 is 10.1 Å². The normalized spacial score (nSPS) is 14.8. The first-order chi connectivity index (χ1) is 7.18. The molecule has 0 fully saturated rings. The number of amides is 1. The van der Waals surface area contributed by atoms with Crippen molar-refractivity contribution in [1.29, 1.82) is 0 Å². The number of fused-ring (bicyclic) bond motifs is 1. The van der Waals surface area contributed by atoms with Crippen LogP contribution in [0.25, 0.3) is 0 Å². The fraction of sp³-hybridized carbons (Fsp3) is 0.600. The van der Waals surface area contributed by atoms with Crippen LogP contribution in [0.15, 0.2) is 0 Å². The van der Waals surface area contributed by atoms with E-state index in [1.54, 1.807) is 0 Å². The predicted octanol–water partition coefficient (Wildman–Crippen LogP) is 0.129. The maximum atomic E-state index is 10.8. The monoisotopic (exact) mass is 209 g/mol. The minimum absolute atomic E-state index is 0.0360. The second-order valence-corrected chi connectivity index (χ2v) is 3.71. The highest BCUT2D eigenvalue weighted by Gasteiger charge is 2.19. The Kier molecular flexibility index (Phi) is 2.73. The number of hydrogen-bond acceptors (Lipinski definition) is 3. The third kappa shape index (κ3) is 2.02.